The number of unbranched alkanes of at least 4 members (excludes halogenated alkanes) is 3. The third-order valence-electron chi connectivity index (χ3n) is 3.06. The Morgan fingerprint density at radius 3 is 1.86 bits per heavy atom. The van der Waals surface area contributed by atoms with Crippen molar-refractivity contribution < 1.29 is 23.7 Å². The van der Waals surface area contributed by atoms with Gasteiger partial charge in [-0.25, -0.2) is 4.79 Å². The molecule has 0 amide bonds. The van der Waals surface area contributed by atoms with Crippen molar-refractivity contribution in [2.24, 2.45) is 0 Å². The van der Waals surface area contributed by atoms with E-state index in [2.05, 4.69) is 13.5 Å². The zero-order chi connectivity index (χ0) is 16.5. The van der Waals surface area contributed by atoms with Crippen molar-refractivity contribution in [1.29, 1.82) is 0 Å². The van der Waals surface area contributed by atoms with Crippen LogP contribution in [0.4, 0.5) is 0 Å². The van der Waals surface area contributed by atoms with Crippen LogP contribution in [0.5, 0.6) is 0 Å². The highest BCUT2D eigenvalue weighted by molar-refractivity contribution is 5.87. The van der Waals surface area contributed by atoms with Gasteiger partial charge in [0.25, 0.3) is 0 Å². The summed E-state index contributed by atoms with van der Waals surface area (Å²) in [4.78, 5) is 11.3. The average molecular weight is 316 g/mol. The minimum atomic E-state index is -0.349. The third kappa shape index (κ3) is 14.0. The Morgan fingerprint density at radius 1 is 0.773 bits per heavy atom. The van der Waals surface area contributed by atoms with E-state index in [-0.39, 0.29) is 12.6 Å². The third-order valence-corrected chi connectivity index (χ3v) is 3.06. The lowest BCUT2D eigenvalue weighted by molar-refractivity contribution is -0.140. The van der Waals surface area contributed by atoms with Crippen LogP contribution < -0.4 is 0 Å². The van der Waals surface area contributed by atoms with Gasteiger partial charge in [0.15, 0.2) is 0 Å². The summed E-state index contributed by atoms with van der Waals surface area (Å²) in [5.41, 5.74) is 0.484. The van der Waals surface area contributed by atoms with Crippen LogP contribution in [0.15, 0.2) is 12.2 Å². The largest absolute Gasteiger partial charge is 0.460 e. The van der Waals surface area contributed by atoms with Gasteiger partial charge in [0, 0.05) is 12.2 Å². The van der Waals surface area contributed by atoms with Crippen molar-refractivity contribution in [2.45, 2.75) is 46.0 Å². The second kappa shape index (κ2) is 16.5. The first-order valence-electron chi connectivity index (χ1n) is 8.30. The topological polar surface area (TPSA) is 54.0 Å². The maximum Gasteiger partial charge on any atom is 0.333 e. The van der Waals surface area contributed by atoms with Gasteiger partial charge >= 0.3 is 5.97 Å². The Morgan fingerprint density at radius 2 is 1.32 bits per heavy atom. The van der Waals surface area contributed by atoms with Gasteiger partial charge < -0.3 is 18.9 Å². The Bertz CT molecular complexity index is 278. The molecular formula is C17H32O5. The lowest BCUT2D eigenvalue weighted by Crippen LogP contribution is -2.14. The molecule has 0 aliphatic rings. The van der Waals surface area contributed by atoms with E-state index in [0.29, 0.717) is 45.0 Å². The normalized spacial score (nSPS) is 10.6. The van der Waals surface area contributed by atoms with Gasteiger partial charge in [0.2, 0.25) is 0 Å². The molecule has 0 unspecified atom stereocenters. The van der Waals surface area contributed by atoms with Crippen molar-refractivity contribution in [2.75, 3.05) is 46.2 Å². The van der Waals surface area contributed by atoms with Crippen LogP contribution in [-0.4, -0.2) is 52.2 Å². The number of ether oxygens (including phenoxy) is 4. The van der Waals surface area contributed by atoms with Crippen LogP contribution in [-0.2, 0) is 23.7 Å². The number of esters is 1. The second-order valence-corrected chi connectivity index (χ2v) is 4.99. The van der Waals surface area contributed by atoms with Crippen molar-refractivity contribution in [3.63, 3.8) is 0 Å². The molecule has 0 saturated carbocycles. The highest BCUT2D eigenvalue weighted by Crippen LogP contribution is 1.99. The molecule has 130 valence electrons. The molecule has 0 aromatic carbocycles. The quantitative estimate of drug-likeness (QED) is 0.249. The standard InChI is InChI=1S/C17H32O5/c1-4-6-7-8-9-19-10-11-20-12-13-21-14-15-22-17(18)16(3)5-2/h3-15H2,1-2H3. The number of hydrogen-bond acceptors (Lipinski definition) is 5. The van der Waals surface area contributed by atoms with E-state index in [4.69, 9.17) is 18.9 Å². The van der Waals surface area contributed by atoms with Crippen LogP contribution in [0.2, 0.25) is 0 Å². The smallest absolute Gasteiger partial charge is 0.333 e. The Labute approximate surface area is 135 Å². The van der Waals surface area contributed by atoms with Crippen LogP contribution in [0, 0.1) is 0 Å². The van der Waals surface area contributed by atoms with Crippen LogP contribution in [0.3, 0.4) is 0 Å². The lowest BCUT2D eigenvalue weighted by atomic mass is 10.2. The summed E-state index contributed by atoms with van der Waals surface area (Å²) in [6.07, 6.45) is 5.49. The van der Waals surface area contributed by atoms with Gasteiger partial charge in [0.05, 0.1) is 33.0 Å². The monoisotopic (exact) mass is 316 g/mol. The lowest BCUT2D eigenvalue weighted by Gasteiger charge is -2.08. The van der Waals surface area contributed by atoms with Crippen LogP contribution in [0.1, 0.15) is 46.0 Å². The Kier molecular flexibility index (Phi) is 15.8. The van der Waals surface area contributed by atoms with E-state index in [0.717, 1.165) is 13.0 Å². The average Bonchev–Trinajstić information content (AvgIpc) is 2.54. The first kappa shape index (κ1) is 21.1. The van der Waals surface area contributed by atoms with E-state index in [1.807, 2.05) is 6.92 Å². The molecule has 0 aliphatic heterocycles. The molecule has 0 aliphatic carbocycles. The number of hydrogen-bond donors (Lipinski definition) is 0. The molecule has 0 N–H and O–H groups in total. The Hall–Kier alpha value is -0.910. The summed E-state index contributed by atoms with van der Waals surface area (Å²) < 4.78 is 21.1. The van der Waals surface area contributed by atoms with Gasteiger partial charge in [-0.2, -0.15) is 0 Å². The fraction of sp³-hybridized carbons (Fsp3) is 0.824. The summed E-state index contributed by atoms with van der Waals surface area (Å²) >= 11 is 0. The molecule has 22 heavy (non-hydrogen) atoms. The molecule has 0 fully saturated rings. The van der Waals surface area contributed by atoms with E-state index in [1.54, 1.807) is 0 Å². The summed E-state index contributed by atoms with van der Waals surface area (Å²) in [6, 6.07) is 0. The van der Waals surface area contributed by atoms with Gasteiger partial charge in [-0.15, -0.1) is 0 Å². The first-order valence-corrected chi connectivity index (χ1v) is 8.30. The Balaban J connectivity index is 3.11. The predicted octanol–water partition coefficient (Wildman–Crippen LogP) is 3.13. The molecule has 0 rings (SSSR count). The molecule has 0 saturated heterocycles. The van der Waals surface area contributed by atoms with E-state index in [9.17, 15) is 4.79 Å². The van der Waals surface area contributed by atoms with E-state index < -0.39 is 0 Å². The predicted molar refractivity (Wildman–Crippen MR) is 87.0 cm³/mol. The van der Waals surface area contributed by atoms with Crippen molar-refractivity contribution in [1.82, 2.24) is 0 Å². The molecule has 0 atom stereocenters. The van der Waals surface area contributed by atoms with Gasteiger partial charge in [-0.1, -0.05) is 39.7 Å². The summed E-state index contributed by atoms with van der Waals surface area (Å²) in [5.74, 6) is -0.349. The van der Waals surface area contributed by atoms with Crippen LogP contribution >= 0.6 is 0 Å². The zero-order valence-electron chi connectivity index (χ0n) is 14.2. The molecule has 0 heterocycles. The maximum absolute atomic E-state index is 11.3. The molecule has 0 aromatic heterocycles. The van der Waals surface area contributed by atoms with E-state index >= 15 is 0 Å². The summed E-state index contributed by atoms with van der Waals surface area (Å²) in [6.45, 7) is 11.3. The second-order valence-electron chi connectivity index (χ2n) is 4.99. The van der Waals surface area contributed by atoms with Crippen molar-refractivity contribution in [3.8, 4) is 0 Å². The fourth-order valence-electron chi connectivity index (χ4n) is 1.61. The maximum atomic E-state index is 11.3. The summed E-state index contributed by atoms with van der Waals surface area (Å²) in [5, 5.41) is 0. The SMILES string of the molecule is C=C(CC)C(=O)OCCOCCOCCOCCCCCC. The molecule has 5 heteroatoms. The van der Waals surface area contributed by atoms with Gasteiger partial charge in [-0.3, -0.25) is 0 Å². The van der Waals surface area contributed by atoms with Gasteiger partial charge in [-0.05, 0) is 12.8 Å². The minimum absolute atomic E-state index is 0.249. The summed E-state index contributed by atoms with van der Waals surface area (Å²) in [7, 11) is 0. The molecule has 0 spiro atoms. The number of rotatable bonds is 16. The fourth-order valence-corrected chi connectivity index (χ4v) is 1.61. The number of carbonyl (C=O) groups is 1. The molecular weight excluding hydrogens is 284 g/mol. The van der Waals surface area contributed by atoms with Crippen molar-refractivity contribution in [3.05, 3.63) is 12.2 Å². The minimum Gasteiger partial charge on any atom is -0.460 e. The zero-order valence-corrected chi connectivity index (χ0v) is 14.2. The first-order chi connectivity index (χ1) is 10.7. The highest BCUT2D eigenvalue weighted by atomic mass is 16.6. The van der Waals surface area contributed by atoms with Crippen molar-refractivity contribution >= 4 is 5.97 Å². The van der Waals surface area contributed by atoms with Gasteiger partial charge in [0.1, 0.15) is 6.61 Å². The molecule has 0 aromatic rings. The highest BCUT2D eigenvalue weighted by Gasteiger charge is 2.04. The molecule has 5 nitrogen and oxygen atoms in total. The molecule has 0 bridgehead atoms. The van der Waals surface area contributed by atoms with Crippen LogP contribution in [0.25, 0.3) is 0 Å². The number of carbonyl (C=O) groups excluding carboxylic acids is 1. The molecule has 0 radical (unpaired) electrons. The van der Waals surface area contributed by atoms with E-state index in [1.165, 1.54) is 19.3 Å².